The van der Waals surface area contributed by atoms with E-state index in [0.717, 1.165) is 19.5 Å². The molecule has 196 valence electrons. The Morgan fingerprint density at radius 1 is 0.694 bits per heavy atom. The van der Waals surface area contributed by atoms with Crippen LogP contribution in [0.5, 0.6) is 0 Å². The highest BCUT2D eigenvalue weighted by atomic mass is 79.9. The maximum atomic E-state index is 12.2. The number of rotatable bonds is 6. The fourth-order valence-electron chi connectivity index (χ4n) is 2.95. The highest BCUT2D eigenvalue weighted by Gasteiger charge is 2.24. The van der Waals surface area contributed by atoms with Crippen LogP contribution in [0.15, 0.2) is 39.9 Å². The van der Waals surface area contributed by atoms with Crippen LogP contribution >= 0.6 is 54.5 Å². The topological polar surface area (TPSA) is 144 Å². The molecule has 0 aliphatic carbocycles. The van der Waals surface area contributed by atoms with Crippen molar-refractivity contribution in [2.45, 2.75) is 51.3 Å². The van der Waals surface area contributed by atoms with Crippen molar-refractivity contribution in [3.8, 4) is 0 Å². The number of thiophene rings is 2. The van der Waals surface area contributed by atoms with Crippen LogP contribution < -0.4 is 9.44 Å². The third-order valence-corrected chi connectivity index (χ3v) is 11.6. The molecule has 0 unspecified atom stereocenters. The molecule has 0 atom stereocenters. The Morgan fingerprint density at radius 3 is 1.25 bits per heavy atom. The first kappa shape index (κ1) is 28.8. The molecule has 0 aromatic carbocycles. The van der Waals surface area contributed by atoms with Crippen LogP contribution in [0.3, 0.4) is 0 Å². The van der Waals surface area contributed by atoms with Gasteiger partial charge in [0.15, 0.2) is 0 Å². The van der Waals surface area contributed by atoms with Crippen molar-refractivity contribution in [1.82, 2.24) is 10.3 Å². The highest BCUT2D eigenvalue weighted by molar-refractivity contribution is 9.11. The third kappa shape index (κ3) is 6.39. The predicted molar refractivity (Wildman–Crippen MR) is 147 cm³/mol. The van der Waals surface area contributed by atoms with Crippen molar-refractivity contribution in [3.63, 3.8) is 0 Å². The largest absolute Gasteiger partial charge is 0.336 e. The van der Waals surface area contributed by atoms with Gasteiger partial charge in [-0.1, -0.05) is 10.3 Å². The number of aryl methyl sites for hydroxylation is 6. The van der Waals surface area contributed by atoms with E-state index in [1.165, 1.54) is 22.7 Å². The lowest BCUT2D eigenvalue weighted by Gasteiger charge is -2.04. The first-order valence-corrected chi connectivity index (χ1v) is 16.2. The van der Waals surface area contributed by atoms with Crippen LogP contribution in [0.4, 0.5) is 11.8 Å². The van der Waals surface area contributed by atoms with Crippen molar-refractivity contribution in [2.75, 3.05) is 9.44 Å². The summed E-state index contributed by atoms with van der Waals surface area (Å²) >= 11 is 9.31. The summed E-state index contributed by atoms with van der Waals surface area (Å²) in [6, 6.07) is 3.28. The molecule has 0 aliphatic heterocycles. The average Bonchev–Trinajstić information content (AvgIpc) is 3.49. The van der Waals surface area contributed by atoms with Crippen LogP contribution in [-0.4, -0.2) is 27.1 Å². The van der Waals surface area contributed by atoms with E-state index in [2.05, 4.69) is 51.6 Å². The molecule has 16 heteroatoms. The van der Waals surface area contributed by atoms with Gasteiger partial charge in [-0.2, -0.15) is 0 Å². The van der Waals surface area contributed by atoms with Crippen molar-refractivity contribution >= 4 is 86.3 Å². The number of nitrogens with one attached hydrogen (secondary N) is 2. The standard InChI is InChI=1S/2C10H11BrN2O3S2/c2*1-5-4-8(7(3)17-5)18(14,15)13-10-9(11)6(2)12-16-10/h2*4,13H,1-3H3. The summed E-state index contributed by atoms with van der Waals surface area (Å²) < 4.78 is 64.3. The van der Waals surface area contributed by atoms with Crippen LogP contribution in [0.25, 0.3) is 0 Å². The monoisotopic (exact) mass is 700 g/mol. The number of hydrogen-bond acceptors (Lipinski definition) is 10. The lowest BCUT2D eigenvalue weighted by atomic mass is 10.4. The molecular formula is C20H22Br2N4O6S4. The Bertz CT molecular complexity index is 1500. The Balaban J connectivity index is 0.000000201. The van der Waals surface area contributed by atoms with Gasteiger partial charge < -0.3 is 9.05 Å². The lowest BCUT2D eigenvalue weighted by Crippen LogP contribution is -2.12. The fourth-order valence-corrected chi connectivity index (χ4v) is 8.80. The van der Waals surface area contributed by atoms with Gasteiger partial charge in [-0.15, -0.1) is 22.7 Å². The number of aromatic nitrogens is 2. The Morgan fingerprint density at radius 2 is 1.03 bits per heavy atom. The fraction of sp³-hybridized carbons (Fsp3) is 0.300. The molecule has 0 amide bonds. The molecular weight excluding hydrogens is 680 g/mol. The molecule has 0 spiro atoms. The lowest BCUT2D eigenvalue weighted by molar-refractivity contribution is 0.430. The van der Waals surface area contributed by atoms with E-state index in [1.807, 2.05) is 13.8 Å². The molecule has 0 bridgehead atoms. The summed E-state index contributed by atoms with van der Waals surface area (Å²) in [6.07, 6.45) is 0. The molecule has 4 heterocycles. The Hall–Kier alpha value is -1.72. The summed E-state index contributed by atoms with van der Waals surface area (Å²) in [5, 5.41) is 7.35. The number of sulfonamides is 2. The molecule has 4 rings (SSSR count). The van der Waals surface area contributed by atoms with Crippen molar-refractivity contribution in [1.29, 1.82) is 0 Å². The van der Waals surface area contributed by atoms with Crippen LogP contribution in [0.2, 0.25) is 0 Å². The van der Waals surface area contributed by atoms with Crippen molar-refractivity contribution in [3.05, 3.63) is 52.0 Å². The maximum Gasteiger partial charge on any atom is 0.265 e. The van der Waals surface area contributed by atoms with E-state index < -0.39 is 20.0 Å². The molecule has 4 aromatic heterocycles. The molecule has 10 nitrogen and oxygen atoms in total. The SMILES string of the molecule is Cc1cc(S(=O)(=O)Nc2onc(C)c2Br)c(C)s1.Cc1cc(S(=O)(=O)Nc2onc(C)c2Br)c(C)s1. The zero-order valence-electron chi connectivity index (χ0n) is 19.9. The van der Waals surface area contributed by atoms with E-state index in [1.54, 1.807) is 39.8 Å². The van der Waals surface area contributed by atoms with E-state index >= 15 is 0 Å². The van der Waals surface area contributed by atoms with Gasteiger partial charge >= 0.3 is 0 Å². The zero-order chi connectivity index (χ0) is 27.0. The minimum Gasteiger partial charge on any atom is -0.336 e. The van der Waals surface area contributed by atoms with Gasteiger partial charge in [-0.05, 0) is 85.5 Å². The summed E-state index contributed by atoms with van der Waals surface area (Å²) in [7, 11) is -7.27. The summed E-state index contributed by atoms with van der Waals surface area (Å²) in [5.74, 6) is 0.187. The van der Waals surface area contributed by atoms with E-state index in [-0.39, 0.29) is 21.6 Å². The number of halogens is 2. The molecule has 0 saturated carbocycles. The number of anilines is 2. The summed E-state index contributed by atoms with van der Waals surface area (Å²) in [5.41, 5.74) is 1.18. The molecule has 4 aromatic rings. The van der Waals surface area contributed by atoms with Crippen LogP contribution in [-0.2, 0) is 20.0 Å². The Labute approximate surface area is 233 Å². The summed E-state index contributed by atoms with van der Waals surface area (Å²) in [6.45, 7) is 10.7. The van der Waals surface area contributed by atoms with Crippen LogP contribution in [0.1, 0.15) is 30.9 Å². The second kappa shape index (κ2) is 10.9. The van der Waals surface area contributed by atoms with Gasteiger partial charge in [0.2, 0.25) is 0 Å². The molecule has 2 N–H and O–H groups in total. The zero-order valence-corrected chi connectivity index (χ0v) is 26.3. The minimum absolute atomic E-state index is 0.0933. The van der Waals surface area contributed by atoms with Gasteiger partial charge in [0.1, 0.15) is 18.7 Å². The van der Waals surface area contributed by atoms with Gasteiger partial charge in [-0.3, -0.25) is 0 Å². The molecule has 36 heavy (non-hydrogen) atoms. The number of nitrogens with zero attached hydrogens (tertiary/aromatic N) is 2. The van der Waals surface area contributed by atoms with Crippen LogP contribution in [0, 0.1) is 41.5 Å². The van der Waals surface area contributed by atoms with E-state index in [0.29, 0.717) is 20.3 Å². The smallest absolute Gasteiger partial charge is 0.265 e. The van der Waals surface area contributed by atoms with E-state index in [9.17, 15) is 16.8 Å². The highest BCUT2D eigenvalue weighted by Crippen LogP contribution is 2.32. The van der Waals surface area contributed by atoms with Crippen molar-refractivity contribution < 1.29 is 25.9 Å². The maximum absolute atomic E-state index is 12.2. The quantitative estimate of drug-likeness (QED) is 0.233. The second-order valence-electron chi connectivity index (χ2n) is 7.59. The molecule has 0 radical (unpaired) electrons. The van der Waals surface area contributed by atoms with Gasteiger partial charge in [-0.25, -0.2) is 26.3 Å². The van der Waals surface area contributed by atoms with Gasteiger partial charge in [0.25, 0.3) is 31.8 Å². The first-order chi connectivity index (χ1) is 16.6. The molecule has 0 aliphatic rings. The second-order valence-corrected chi connectivity index (χ2v) is 15.4. The van der Waals surface area contributed by atoms with Gasteiger partial charge in [0.05, 0.1) is 11.4 Å². The average molecular weight is 702 g/mol. The number of hydrogen-bond donors (Lipinski definition) is 2. The summed E-state index contributed by atoms with van der Waals surface area (Å²) in [4.78, 5) is 3.91. The minimum atomic E-state index is -3.64. The van der Waals surface area contributed by atoms with Gasteiger partial charge in [0, 0.05) is 19.5 Å². The normalized spacial score (nSPS) is 11.8. The Kier molecular flexibility index (Phi) is 8.77. The van der Waals surface area contributed by atoms with Crippen molar-refractivity contribution in [2.24, 2.45) is 0 Å². The molecule has 0 saturated heterocycles. The van der Waals surface area contributed by atoms with E-state index in [4.69, 9.17) is 9.05 Å². The predicted octanol–water partition coefficient (Wildman–Crippen LogP) is 6.45. The molecule has 0 fully saturated rings. The first-order valence-electron chi connectivity index (χ1n) is 10.1. The third-order valence-electron chi connectivity index (χ3n) is 4.61.